The van der Waals surface area contributed by atoms with Gasteiger partial charge < -0.3 is 14.9 Å². The van der Waals surface area contributed by atoms with Crippen LogP contribution < -0.4 is 4.74 Å². The lowest BCUT2D eigenvalue weighted by atomic mass is 9.91. The SMILES string of the molecule is CCC(CC=C=CC[C@H]1C(=O)CC[C@@H]1/C=C/CCOc1ccccc1)C(O)(O)S. The van der Waals surface area contributed by atoms with Crippen LogP contribution in [0.2, 0.25) is 0 Å². The topological polar surface area (TPSA) is 66.8 Å². The molecule has 0 aliphatic heterocycles. The average molecular weight is 417 g/mol. The number of para-hydroxylation sites is 1. The van der Waals surface area contributed by atoms with Crippen LogP contribution in [-0.4, -0.2) is 27.7 Å². The Labute approximate surface area is 179 Å². The quantitative estimate of drug-likeness (QED) is 0.161. The summed E-state index contributed by atoms with van der Waals surface area (Å²) in [5.41, 5.74) is 3.08. The van der Waals surface area contributed by atoms with E-state index in [2.05, 4.69) is 30.5 Å². The summed E-state index contributed by atoms with van der Waals surface area (Å²) in [5.74, 6) is 1.09. The van der Waals surface area contributed by atoms with Crippen molar-refractivity contribution in [3.05, 3.63) is 60.4 Å². The van der Waals surface area contributed by atoms with Gasteiger partial charge in [-0.15, -0.1) is 18.4 Å². The highest BCUT2D eigenvalue weighted by molar-refractivity contribution is 7.81. The lowest BCUT2D eigenvalue weighted by molar-refractivity contribution is -0.121. The third kappa shape index (κ3) is 8.23. The largest absolute Gasteiger partial charge is 0.493 e. The fraction of sp³-hybridized carbons (Fsp3) is 0.500. The molecule has 1 aromatic rings. The number of Topliss-reactive ketones (excluding diaryl/α,β-unsaturated/α-hetero) is 1. The molecule has 0 bridgehead atoms. The molecular formula is C24H32O4S. The van der Waals surface area contributed by atoms with E-state index in [-0.39, 0.29) is 17.8 Å². The van der Waals surface area contributed by atoms with E-state index in [0.29, 0.717) is 38.1 Å². The van der Waals surface area contributed by atoms with Crippen molar-refractivity contribution in [1.82, 2.24) is 0 Å². The van der Waals surface area contributed by atoms with Gasteiger partial charge in [0, 0.05) is 18.3 Å². The Balaban J connectivity index is 1.78. The lowest BCUT2D eigenvalue weighted by Crippen LogP contribution is -2.30. The molecule has 0 aromatic heterocycles. The van der Waals surface area contributed by atoms with Gasteiger partial charge in [0.05, 0.1) is 6.61 Å². The molecule has 158 valence electrons. The van der Waals surface area contributed by atoms with Crippen molar-refractivity contribution in [3.8, 4) is 5.75 Å². The Morgan fingerprint density at radius 2 is 2.07 bits per heavy atom. The van der Waals surface area contributed by atoms with Gasteiger partial charge in [-0.3, -0.25) is 4.79 Å². The summed E-state index contributed by atoms with van der Waals surface area (Å²) in [6, 6.07) is 9.74. The summed E-state index contributed by atoms with van der Waals surface area (Å²) in [5, 5.41) is 17.1. The zero-order valence-corrected chi connectivity index (χ0v) is 17.9. The Hall–Kier alpha value is -1.78. The van der Waals surface area contributed by atoms with E-state index in [0.717, 1.165) is 18.6 Å². The van der Waals surface area contributed by atoms with Gasteiger partial charge >= 0.3 is 0 Å². The molecule has 2 N–H and O–H groups in total. The van der Waals surface area contributed by atoms with E-state index in [9.17, 15) is 15.0 Å². The minimum atomic E-state index is -1.98. The lowest BCUT2D eigenvalue weighted by Gasteiger charge is -2.24. The van der Waals surface area contributed by atoms with Crippen LogP contribution in [0.25, 0.3) is 0 Å². The van der Waals surface area contributed by atoms with E-state index in [1.54, 1.807) is 6.08 Å². The number of ether oxygens (including phenoxy) is 1. The Morgan fingerprint density at radius 1 is 1.31 bits per heavy atom. The van der Waals surface area contributed by atoms with Crippen molar-refractivity contribution in [2.45, 2.75) is 50.6 Å². The molecule has 2 rings (SSSR count). The van der Waals surface area contributed by atoms with Gasteiger partial charge in [0.15, 0.2) is 0 Å². The van der Waals surface area contributed by atoms with Crippen molar-refractivity contribution >= 4 is 18.4 Å². The molecule has 29 heavy (non-hydrogen) atoms. The van der Waals surface area contributed by atoms with Gasteiger partial charge in [-0.25, -0.2) is 0 Å². The van der Waals surface area contributed by atoms with Crippen molar-refractivity contribution < 1.29 is 19.7 Å². The van der Waals surface area contributed by atoms with Crippen LogP contribution in [0.5, 0.6) is 5.75 Å². The zero-order chi connectivity index (χ0) is 21.1. The number of hydrogen-bond acceptors (Lipinski definition) is 5. The standard InChI is InChI=1S/C24H32O4S/c1-2-20(24(26,27)29)12-5-3-8-15-22-19(16-17-23(22)25)11-9-10-18-28-21-13-6-4-7-14-21/h4-9,11,13-14,19-20,22,26-27,29H,2,10,12,15-18H2,1H3/b11-9+/t3?,19-,20?,22+/m0/s1. The highest BCUT2D eigenvalue weighted by Crippen LogP contribution is 2.32. The number of carbonyl (C=O) groups excluding carboxylic acids is 1. The Kier molecular flexibility index (Phi) is 9.75. The second-order valence-electron chi connectivity index (χ2n) is 7.49. The third-order valence-corrected chi connectivity index (χ3v) is 5.75. The van der Waals surface area contributed by atoms with Crippen LogP contribution in [0, 0.1) is 17.8 Å². The fourth-order valence-electron chi connectivity index (χ4n) is 3.59. The third-order valence-electron chi connectivity index (χ3n) is 5.38. The zero-order valence-electron chi connectivity index (χ0n) is 17.0. The fourth-order valence-corrected chi connectivity index (χ4v) is 3.88. The monoisotopic (exact) mass is 416 g/mol. The second-order valence-corrected chi connectivity index (χ2v) is 8.15. The van der Waals surface area contributed by atoms with Crippen LogP contribution in [0.1, 0.15) is 45.4 Å². The molecule has 1 saturated carbocycles. The Morgan fingerprint density at radius 3 is 2.76 bits per heavy atom. The molecule has 1 unspecified atom stereocenters. The first-order valence-electron chi connectivity index (χ1n) is 10.4. The van der Waals surface area contributed by atoms with Crippen molar-refractivity contribution in [1.29, 1.82) is 0 Å². The summed E-state index contributed by atoms with van der Waals surface area (Å²) in [4.78, 5) is 12.2. The first-order valence-corrected chi connectivity index (χ1v) is 10.8. The molecule has 3 atom stereocenters. The van der Waals surface area contributed by atoms with E-state index >= 15 is 0 Å². The van der Waals surface area contributed by atoms with Gasteiger partial charge in [0.25, 0.3) is 0 Å². The van der Waals surface area contributed by atoms with E-state index < -0.39 is 5.12 Å². The minimum absolute atomic E-state index is 0.00353. The summed E-state index contributed by atoms with van der Waals surface area (Å²) < 4.78 is 5.68. The van der Waals surface area contributed by atoms with Crippen LogP contribution in [-0.2, 0) is 4.79 Å². The number of allylic oxidation sites excluding steroid dienone is 2. The molecule has 0 amide bonds. The van der Waals surface area contributed by atoms with Crippen LogP contribution in [0.15, 0.2) is 60.4 Å². The molecule has 5 heteroatoms. The number of ketones is 1. The number of benzene rings is 1. The van der Waals surface area contributed by atoms with Gasteiger partial charge in [-0.2, -0.15) is 0 Å². The summed E-state index contributed by atoms with van der Waals surface area (Å²) >= 11 is 3.81. The van der Waals surface area contributed by atoms with Gasteiger partial charge in [-0.1, -0.05) is 37.3 Å². The maximum absolute atomic E-state index is 12.2. The first kappa shape index (κ1) is 23.5. The summed E-state index contributed by atoms with van der Waals surface area (Å²) in [7, 11) is 0. The van der Waals surface area contributed by atoms with E-state index in [1.165, 1.54) is 0 Å². The number of hydrogen-bond donors (Lipinski definition) is 3. The minimum Gasteiger partial charge on any atom is -0.493 e. The highest BCUT2D eigenvalue weighted by atomic mass is 32.1. The number of carbonyl (C=O) groups is 1. The molecule has 1 aliphatic rings. The van der Waals surface area contributed by atoms with Gasteiger partial charge in [-0.05, 0) is 62.3 Å². The molecule has 4 nitrogen and oxygen atoms in total. The van der Waals surface area contributed by atoms with Crippen molar-refractivity contribution in [2.24, 2.45) is 17.8 Å². The molecule has 1 aliphatic carbocycles. The average Bonchev–Trinajstić information content (AvgIpc) is 3.04. The molecule has 0 saturated heterocycles. The highest BCUT2D eigenvalue weighted by Gasteiger charge is 2.31. The molecule has 0 radical (unpaired) electrons. The number of thiol groups is 1. The number of aliphatic hydroxyl groups is 2. The van der Waals surface area contributed by atoms with Gasteiger partial charge in [0.1, 0.15) is 11.5 Å². The van der Waals surface area contributed by atoms with Crippen LogP contribution in [0.3, 0.4) is 0 Å². The van der Waals surface area contributed by atoms with Crippen molar-refractivity contribution in [3.63, 3.8) is 0 Å². The van der Waals surface area contributed by atoms with Gasteiger partial charge in [0.2, 0.25) is 5.12 Å². The summed E-state index contributed by atoms with van der Waals surface area (Å²) in [6.07, 6.45) is 12.0. The molecule has 1 fully saturated rings. The molecule has 0 heterocycles. The molecular weight excluding hydrogens is 384 g/mol. The maximum atomic E-state index is 12.2. The van der Waals surface area contributed by atoms with E-state index in [1.807, 2.05) is 43.3 Å². The van der Waals surface area contributed by atoms with E-state index in [4.69, 9.17) is 4.74 Å². The summed E-state index contributed by atoms with van der Waals surface area (Å²) in [6.45, 7) is 2.51. The molecule has 0 spiro atoms. The maximum Gasteiger partial charge on any atom is 0.213 e. The smallest absolute Gasteiger partial charge is 0.213 e. The number of rotatable bonds is 11. The predicted molar refractivity (Wildman–Crippen MR) is 119 cm³/mol. The predicted octanol–water partition coefficient (Wildman–Crippen LogP) is 4.69. The van der Waals surface area contributed by atoms with Crippen molar-refractivity contribution in [2.75, 3.05) is 6.61 Å². The second kappa shape index (κ2) is 12.0. The Bertz CT molecular complexity index is 714. The normalized spacial score (nSPS) is 20.5. The molecule has 1 aromatic carbocycles. The van der Waals surface area contributed by atoms with Crippen LogP contribution >= 0.6 is 12.6 Å². The first-order chi connectivity index (χ1) is 13.9. The van der Waals surface area contributed by atoms with Crippen LogP contribution in [0.4, 0.5) is 0 Å².